The van der Waals surface area contributed by atoms with Crippen LogP contribution in [0.15, 0.2) is 40.9 Å². The van der Waals surface area contributed by atoms with Gasteiger partial charge in [0, 0.05) is 10.2 Å². The normalized spacial score (nSPS) is 10.3. The lowest BCUT2D eigenvalue weighted by Gasteiger charge is -2.11. The van der Waals surface area contributed by atoms with Crippen LogP contribution in [0.5, 0.6) is 5.75 Å². The van der Waals surface area contributed by atoms with Gasteiger partial charge in [0.05, 0.1) is 5.56 Å². The van der Waals surface area contributed by atoms with Gasteiger partial charge in [-0.1, -0.05) is 28.1 Å². The summed E-state index contributed by atoms with van der Waals surface area (Å²) in [6, 6.07) is 10.5. The number of nitrogens with one attached hydrogen (secondary N) is 1. The number of hydrogen-bond donors (Lipinski definition) is 2. The molecule has 1 amide bonds. The van der Waals surface area contributed by atoms with Gasteiger partial charge in [-0.25, -0.2) is 0 Å². The van der Waals surface area contributed by atoms with Crippen LogP contribution in [0.4, 0.5) is 5.69 Å². The molecule has 0 saturated carbocycles. The molecule has 0 unspecified atom stereocenters. The minimum absolute atomic E-state index is 0.0361. The number of anilines is 1. The van der Waals surface area contributed by atoms with Crippen LogP contribution < -0.4 is 5.32 Å². The summed E-state index contributed by atoms with van der Waals surface area (Å²) in [7, 11) is 0. The number of carbonyl (C=O) groups excluding carboxylic acids is 1. The molecule has 0 aliphatic carbocycles. The number of aromatic hydroxyl groups is 1. The molecule has 0 bridgehead atoms. The molecule has 19 heavy (non-hydrogen) atoms. The molecule has 0 aliphatic rings. The Balaban J connectivity index is 2.31. The van der Waals surface area contributed by atoms with Crippen molar-refractivity contribution in [3.05, 3.63) is 57.6 Å². The maximum absolute atomic E-state index is 12.2. The van der Waals surface area contributed by atoms with Gasteiger partial charge in [0.25, 0.3) is 5.91 Å². The first-order valence-electron chi connectivity index (χ1n) is 5.85. The zero-order valence-electron chi connectivity index (χ0n) is 10.7. The molecule has 2 N–H and O–H groups in total. The van der Waals surface area contributed by atoms with Gasteiger partial charge in [-0.15, -0.1) is 0 Å². The molecule has 0 radical (unpaired) electrons. The molecule has 4 heteroatoms. The lowest BCUT2D eigenvalue weighted by atomic mass is 10.1. The van der Waals surface area contributed by atoms with E-state index in [1.54, 1.807) is 12.1 Å². The Morgan fingerprint density at radius 3 is 2.68 bits per heavy atom. The first-order valence-corrected chi connectivity index (χ1v) is 6.64. The fourth-order valence-electron chi connectivity index (χ4n) is 1.77. The molecule has 0 heterocycles. The summed E-state index contributed by atoms with van der Waals surface area (Å²) in [6.45, 7) is 3.94. The summed E-state index contributed by atoms with van der Waals surface area (Å²) < 4.78 is 0.747. The van der Waals surface area contributed by atoms with Crippen molar-refractivity contribution in [1.29, 1.82) is 0 Å². The Morgan fingerprint density at radius 1 is 1.21 bits per heavy atom. The Kier molecular flexibility index (Phi) is 3.90. The van der Waals surface area contributed by atoms with Crippen LogP contribution >= 0.6 is 15.9 Å². The average Bonchev–Trinajstić information content (AvgIpc) is 2.38. The third kappa shape index (κ3) is 2.96. The minimum Gasteiger partial charge on any atom is -0.507 e. The second kappa shape index (κ2) is 5.45. The van der Waals surface area contributed by atoms with E-state index in [-0.39, 0.29) is 17.2 Å². The largest absolute Gasteiger partial charge is 0.507 e. The van der Waals surface area contributed by atoms with Crippen molar-refractivity contribution in [1.82, 2.24) is 0 Å². The zero-order chi connectivity index (χ0) is 14.0. The van der Waals surface area contributed by atoms with Gasteiger partial charge < -0.3 is 10.4 Å². The van der Waals surface area contributed by atoms with E-state index in [4.69, 9.17) is 0 Å². The quantitative estimate of drug-likeness (QED) is 0.878. The molecule has 0 aliphatic heterocycles. The number of benzene rings is 2. The SMILES string of the molecule is Cc1cccc(NC(=O)c2cc(Br)ccc2O)c1C. The van der Waals surface area contributed by atoms with E-state index in [9.17, 15) is 9.90 Å². The molecule has 98 valence electrons. The highest BCUT2D eigenvalue weighted by Gasteiger charge is 2.13. The Morgan fingerprint density at radius 2 is 1.95 bits per heavy atom. The Bertz CT molecular complexity index is 638. The van der Waals surface area contributed by atoms with Crippen LogP contribution in [0.25, 0.3) is 0 Å². The number of phenols is 1. The Labute approximate surface area is 120 Å². The van der Waals surface area contributed by atoms with Crippen molar-refractivity contribution in [3.63, 3.8) is 0 Å². The molecule has 0 aromatic heterocycles. The molecule has 0 spiro atoms. The third-order valence-corrected chi connectivity index (χ3v) is 3.55. The standard InChI is InChI=1S/C15H14BrNO2/c1-9-4-3-5-13(10(9)2)17-15(19)12-8-11(16)6-7-14(12)18/h3-8,18H,1-2H3,(H,17,19). The van der Waals surface area contributed by atoms with Crippen LogP contribution in [-0.2, 0) is 0 Å². The summed E-state index contributed by atoms with van der Waals surface area (Å²) in [5.74, 6) is -0.362. The highest BCUT2D eigenvalue weighted by Crippen LogP contribution is 2.24. The topological polar surface area (TPSA) is 49.3 Å². The lowest BCUT2D eigenvalue weighted by molar-refractivity contribution is 0.102. The molecule has 2 rings (SSSR count). The lowest BCUT2D eigenvalue weighted by Crippen LogP contribution is -2.13. The molecule has 2 aromatic carbocycles. The third-order valence-electron chi connectivity index (χ3n) is 3.06. The van der Waals surface area contributed by atoms with Crippen LogP contribution in [0, 0.1) is 13.8 Å². The molecule has 0 atom stereocenters. The van der Waals surface area contributed by atoms with E-state index < -0.39 is 0 Å². The average molecular weight is 320 g/mol. The smallest absolute Gasteiger partial charge is 0.259 e. The number of amides is 1. The maximum atomic E-state index is 12.2. The van der Waals surface area contributed by atoms with Gasteiger partial charge in [-0.3, -0.25) is 4.79 Å². The van der Waals surface area contributed by atoms with Crippen LogP contribution in [0.2, 0.25) is 0 Å². The van der Waals surface area contributed by atoms with E-state index in [1.807, 2.05) is 32.0 Å². The van der Waals surface area contributed by atoms with Gasteiger partial charge in [0.15, 0.2) is 0 Å². The number of halogens is 1. The van der Waals surface area contributed by atoms with Gasteiger partial charge in [0.1, 0.15) is 5.75 Å². The number of rotatable bonds is 2. The number of phenolic OH excluding ortho intramolecular Hbond substituents is 1. The second-order valence-corrected chi connectivity index (χ2v) is 5.28. The van der Waals surface area contributed by atoms with E-state index in [0.29, 0.717) is 0 Å². The van der Waals surface area contributed by atoms with E-state index in [1.165, 1.54) is 6.07 Å². The molecule has 3 nitrogen and oxygen atoms in total. The zero-order valence-corrected chi connectivity index (χ0v) is 12.3. The molecule has 0 fully saturated rings. The summed E-state index contributed by atoms with van der Waals surface area (Å²) in [5, 5.41) is 12.5. The second-order valence-electron chi connectivity index (χ2n) is 4.36. The predicted molar refractivity (Wildman–Crippen MR) is 79.7 cm³/mol. The van der Waals surface area contributed by atoms with Crippen LogP contribution in [-0.4, -0.2) is 11.0 Å². The van der Waals surface area contributed by atoms with Gasteiger partial charge >= 0.3 is 0 Å². The summed E-state index contributed by atoms with van der Waals surface area (Å²) in [4.78, 5) is 12.2. The van der Waals surface area contributed by atoms with Gasteiger partial charge in [0.2, 0.25) is 0 Å². The van der Waals surface area contributed by atoms with Crippen molar-refractivity contribution in [2.45, 2.75) is 13.8 Å². The molecular formula is C15H14BrNO2. The fourth-order valence-corrected chi connectivity index (χ4v) is 2.13. The van der Waals surface area contributed by atoms with Crippen molar-refractivity contribution < 1.29 is 9.90 Å². The maximum Gasteiger partial charge on any atom is 0.259 e. The van der Waals surface area contributed by atoms with Crippen molar-refractivity contribution in [2.75, 3.05) is 5.32 Å². The van der Waals surface area contributed by atoms with Crippen molar-refractivity contribution in [2.24, 2.45) is 0 Å². The Hall–Kier alpha value is -1.81. The molecule has 0 saturated heterocycles. The van der Waals surface area contributed by atoms with Crippen LogP contribution in [0.3, 0.4) is 0 Å². The predicted octanol–water partition coefficient (Wildman–Crippen LogP) is 4.02. The van der Waals surface area contributed by atoms with Crippen molar-refractivity contribution >= 4 is 27.5 Å². The van der Waals surface area contributed by atoms with E-state index >= 15 is 0 Å². The van der Waals surface area contributed by atoms with Gasteiger partial charge in [-0.2, -0.15) is 0 Å². The van der Waals surface area contributed by atoms with Crippen LogP contribution in [0.1, 0.15) is 21.5 Å². The monoisotopic (exact) mass is 319 g/mol. The summed E-state index contributed by atoms with van der Waals surface area (Å²) in [5.41, 5.74) is 3.13. The summed E-state index contributed by atoms with van der Waals surface area (Å²) >= 11 is 3.29. The number of aryl methyl sites for hydroxylation is 1. The first kappa shape index (κ1) is 13.6. The van der Waals surface area contributed by atoms with Gasteiger partial charge in [-0.05, 0) is 49.2 Å². The number of carbonyl (C=O) groups is 1. The molecular weight excluding hydrogens is 306 g/mol. The fraction of sp³-hybridized carbons (Fsp3) is 0.133. The van der Waals surface area contributed by atoms with E-state index in [0.717, 1.165) is 21.3 Å². The highest BCUT2D eigenvalue weighted by molar-refractivity contribution is 9.10. The molecule has 2 aromatic rings. The van der Waals surface area contributed by atoms with E-state index in [2.05, 4.69) is 21.2 Å². The summed E-state index contributed by atoms with van der Waals surface area (Å²) in [6.07, 6.45) is 0. The number of hydrogen-bond acceptors (Lipinski definition) is 2. The van der Waals surface area contributed by atoms with Crippen molar-refractivity contribution in [3.8, 4) is 5.75 Å². The minimum atomic E-state index is -0.326. The first-order chi connectivity index (χ1) is 8.99. The highest BCUT2D eigenvalue weighted by atomic mass is 79.9.